The molecule has 0 radical (unpaired) electrons. The van der Waals surface area contributed by atoms with Gasteiger partial charge in [-0.15, -0.1) is 0 Å². The Morgan fingerprint density at radius 2 is 1.89 bits per heavy atom. The Bertz CT molecular complexity index is 250. The zero-order valence-corrected chi connectivity index (χ0v) is 13.3. The maximum atomic E-state index is 11.2. The molecule has 1 N–H and O–H groups in total. The summed E-state index contributed by atoms with van der Waals surface area (Å²) in [6.45, 7) is 11.3. The summed E-state index contributed by atoms with van der Waals surface area (Å²) in [5.41, 5.74) is 0. The van der Waals surface area contributed by atoms with Crippen LogP contribution in [0.25, 0.3) is 0 Å². The van der Waals surface area contributed by atoms with Crippen molar-refractivity contribution in [1.29, 1.82) is 0 Å². The largest absolute Gasteiger partial charge is 0.314 e. The molecule has 1 heterocycles. The van der Waals surface area contributed by atoms with Crippen LogP contribution in [-0.4, -0.2) is 52.8 Å². The molecule has 18 heavy (non-hydrogen) atoms. The van der Waals surface area contributed by atoms with Gasteiger partial charge in [-0.25, -0.2) is 0 Å². The normalized spacial score (nSPS) is 22.3. The first-order valence-electron chi connectivity index (χ1n) is 7.27. The molecule has 0 amide bonds. The van der Waals surface area contributed by atoms with Gasteiger partial charge in [0.05, 0.1) is 0 Å². The molecule has 1 aliphatic heterocycles. The topological polar surface area (TPSA) is 32.3 Å². The molecular weight excluding hydrogens is 244 g/mol. The molecule has 0 saturated carbocycles. The predicted octanol–water partition coefficient (Wildman–Crippen LogP) is 1.85. The lowest BCUT2D eigenvalue weighted by atomic mass is 10.0. The highest BCUT2D eigenvalue weighted by molar-refractivity contribution is 7.84. The van der Waals surface area contributed by atoms with E-state index in [1.807, 2.05) is 0 Å². The number of hydrogen-bond donors (Lipinski definition) is 1. The lowest BCUT2D eigenvalue weighted by molar-refractivity contribution is 0.180. The number of rotatable bonds is 7. The Kier molecular flexibility index (Phi) is 7.42. The summed E-state index contributed by atoms with van der Waals surface area (Å²) in [4.78, 5) is 2.58. The van der Waals surface area contributed by atoms with E-state index in [1.54, 1.807) is 6.26 Å². The van der Waals surface area contributed by atoms with Crippen LogP contribution in [0.2, 0.25) is 0 Å². The third-order valence-electron chi connectivity index (χ3n) is 3.76. The van der Waals surface area contributed by atoms with Gasteiger partial charge in [0, 0.05) is 34.9 Å². The summed E-state index contributed by atoms with van der Waals surface area (Å²) in [6.07, 6.45) is 5.34. The highest BCUT2D eigenvalue weighted by Gasteiger charge is 2.19. The van der Waals surface area contributed by atoms with Crippen LogP contribution in [0, 0.1) is 5.92 Å². The molecular formula is C14H30N2OS. The van der Waals surface area contributed by atoms with Gasteiger partial charge in [0.25, 0.3) is 0 Å². The average molecular weight is 274 g/mol. The zero-order chi connectivity index (χ0) is 13.5. The van der Waals surface area contributed by atoms with Crippen molar-refractivity contribution in [2.75, 3.05) is 32.4 Å². The molecule has 1 aliphatic rings. The summed E-state index contributed by atoms with van der Waals surface area (Å²) in [5.74, 6) is 0.773. The van der Waals surface area contributed by atoms with Crippen molar-refractivity contribution in [3.8, 4) is 0 Å². The van der Waals surface area contributed by atoms with E-state index in [9.17, 15) is 4.21 Å². The van der Waals surface area contributed by atoms with Gasteiger partial charge in [-0.3, -0.25) is 4.21 Å². The first-order valence-corrected chi connectivity index (χ1v) is 8.89. The number of nitrogens with zero attached hydrogens (tertiary/aromatic N) is 1. The molecule has 0 aromatic heterocycles. The van der Waals surface area contributed by atoms with Gasteiger partial charge in [0.2, 0.25) is 0 Å². The third kappa shape index (κ3) is 6.30. The summed E-state index contributed by atoms with van der Waals surface area (Å²) in [6, 6.07) is 0.672. The van der Waals surface area contributed by atoms with Gasteiger partial charge in [-0.05, 0) is 44.8 Å². The van der Waals surface area contributed by atoms with Crippen molar-refractivity contribution in [1.82, 2.24) is 10.2 Å². The highest BCUT2D eigenvalue weighted by Crippen LogP contribution is 2.12. The molecule has 0 aliphatic carbocycles. The minimum atomic E-state index is -0.677. The van der Waals surface area contributed by atoms with Crippen LogP contribution in [0.4, 0.5) is 0 Å². The first kappa shape index (κ1) is 16.1. The fraction of sp³-hybridized carbons (Fsp3) is 1.00. The maximum Gasteiger partial charge on any atom is 0.0329 e. The van der Waals surface area contributed by atoms with Gasteiger partial charge >= 0.3 is 0 Å². The molecule has 2 unspecified atom stereocenters. The molecule has 1 rings (SSSR count). The van der Waals surface area contributed by atoms with Crippen molar-refractivity contribution in [2.45, 2.75) is 51.3 Å². The summed E-state index contributed by atoms with van der Waals surface area (Å²) < 4.78 is 11.2. The van der Waals surface area contributed by atoms with Crippen molar-refractivity contribution in [2.24, 2.45) is 5.92 Å². The van der Waals surface area contributed by atoms with Crippen LogP contribution in [-0.2, 0) is 10.8 Å². The quantitative estimate of drug-likeness (QED) is 0.769. The number of likely N-dealkylation sites (tertiary alicyclic amines) is 1. The number of hydrogen-bond acceptors (Lipinski definition) is 3. The third-order valence-corrected chi connectivity index (χ3v) is 5.13. The number of nitrogens with one attached hydrogen (secondary N) is 1. The zero-order valence-electron chi connectivity index (χ0n) is 12.4. The molecule has 3 nitrogen and oxygen atoms in total. The minimum absolute atomic E-state index is 0.318. The second kappa shape index (κ2) is 8.28. The Morgan fingerprint density at radius 1 is 1.28 bits per heavy atom. The Hall–Kier alpha value is 0.0700. The molecule has 0 spiro atoms. The van der Waals surface area contributed by atoms with Crippen LogP contribution in [0.3, 0.4) is 0 Å². The van der Waals surface area contributed by atoms with E-state index in [-0.39, 0.29) is 0 Å². The van der Waals surface area contributed by atoms with Gasteiger partial charge in [-0.2, -0.15) is 0 Å². The van der Waals surface area contributed by atoms with Crippen LogP contribution in [0.1, 0.15) is 40.0 Å². The van der Waals surface area contributed by atoms with E-state index in [0.717, 1.165) is 18.9 Å². The van der Waals surface area contributed by atoms with Crippen molar-refractivity contribution >= 4 is 10.8 Å². The van der Waals surface area contributed by atoms with Gasteiger partial charge in [0.1, 0.15) is 0 Å². The van der Waals surface area contributed by atoms with Crippen LogP contribution in [0.15, 0.2) is 0 Å². The first-order chi connectivity index (χ1) is 8.49. The summed E-state index contributed by atoms with van der Waals surface area (Å²) >= 11 is 0. The van der Waals surface area contributed by atoms with Crippen LogP contribution < -0.4 is 5.32 Å². The van der Waals surface area contributed by atoms with E-state index in [0.29, 0.717) is 11.3 Å². The van der Waals surface area contributed by atoms with E-state index >= 15 is 0 Å². The second-order valence-electron chi connectivity index (χ2n) is 6.02. The van der Waals surface area contributed by atoms with E-state index in [1.165, 1.54) is 32.5 Å². The lowest BCUT2D eigenvalue weighted by Crippen LogP contribution is -2.44. The van der Waals surface area contributed by atoms with Gasteiger partial charge < -0.3 is 10.2 Å². The average Bonchev–Trinajstić information content (AvgIpc) is 2.30. The summed E-state index contributed by atoms with van der Waals surface area (Å²) in [5, 5.41) is 3.94. The van der Waals surface area contributed by atoms with Crippen molar-refractivity contribution in [3.05, 3.63) is 0 Å². The fourth-order valence-corrected chi connectivity index (χ4v) is 2.94. The second-order valence-corrected chi connectivity index (χ2v) is 7.82. The summed E-state index contributed by atoms with van der Waals surface area (Å²) in [7, 11) is -0.677. The predicted molar refractivity (Wildman–Crippen MR) is 80.4 cm³/mol. The minimum Gasteiger partial charge on any atom is -0.314 e. The Balaban J connectivity index is 2.10. The van der Waals surface area contributed by atoms with Crippen LogP contribution >= 0.6 is 0 Å². The monoisotopic (exact) mass is 274 g/mol. The standard InChI is InChI=1S/C14H30N2OS/c1-12(2)11-16-9-6-14(7-10-16)15-8-5-13(3)18(4)17/h12-15H,5-11H2,1-4H3. The van der Waals surface area contributed by atoms with Gasteiger partial charge in [0.15, 0.2) is 0 Å². The van der Waals surface area contributed by atoms with E-state index in [4.69, 9.17) is 0 Å². The molecule has 108 valence electrons. The molecule has 4 heteroatoms. The molecule has 0 aromatic rings. The van der Waals surface area contributed by atoms with Crippen molar-refractivity contribution in [3.63, 3.8) is 0 Å². The fourth-order valence-electron chi connectivity index (χ4n) is 2.49. The molecule has 2 atom stereocenters. The number of piperidine rings is 1. The van der Waals surface area contributed by atoms with E-state index in [2.05, 4.69) is 31.0 Å². The molecule has 1 saturated heterocycles. The molecule has 1 fully saturated rings. The molecule has 0 aromatic carbocycles. The molecule has 0 bridgehead atoms. The smallest absolute Gasteiger partial charge is 0.0329 e. The SMILES string of the molecule is CC(C)CN1CCC(NCCC(C)S(C)=O)CC1. The van der Waals surface area contributed by atoms with Crippen molar-refractivity contribution < 1.29 is 4.21 Å². The Morgan fingerprint density at radius 3 is 2.39 bits per heavy atom. The van der Waals surface area contributed by atoms with Crippen LogP contribution in [0.5, 0.6) is 0 Å². The highest BCUT2D eigenvalue weighted by atomic mass is 32.2. The van der Waals surface area contributed by atoms with Gasteiger partial charge in [-0.1, -0.05) is 20.8 Å². The van der Waals surface area contributed by atoms with E-state index < -0.39 is 10.8 Å². The maximum absolute atomic E-state index is 11.2. The Labute approximate surface area is 115 Å². The lowest BCUT2D eigenvalue weighted by Gasteiger charge is -2.33.